The zero-order valence-electron chi connectivity index (χ0n) is 11.3. The van der Waals surface area contributed by atoms with Gasteiger partial charge in [-0.2, -0.15) is 0 Å². The average Bonchev–Trinajstić information content (AvgIpc) is 2.74. The van der Waals surface area contributed by atoms with Gasteiger partial charge in [-0.3, -0.25) is 0 Å². The summed E-state index contributed by atoms with van der Waals surface area (Å²) >= 11 is 5.88. The second-order valence-corrected chi connectivity index (χ2v) is 4.34. The number of benzene rings is 1. The minimum absolute atomic E-state index is 0.0473. The van der Waals surface area contributed by atoms with Gasteiger partial charge in [0, 0.05) is 5.02 Å². The molecule has 7 nitrogen and oxygen atoms in total. The van der Waals surface area contributed by atoms with E-state index in [9.17, 15) is 14.7 Å². The van der Waals surface area contributed by atoms with Crippen molar-refractivity contribution in [3.8, 4) is 23.0 Å². The van der Waals surface area contributed by atoms with Crippen molar-refractivity contribution in [3.05, 3.63) is 33.8 Å². The van der Waals surface area contributed by atoms with Crippen LogP contribution in [0.25, 0.3) is 11.3 Å². The van der Waals surface area contributed by atoms with E-state index < -0.39 is 17.7 Å². The van der Waals surface area contributed by atoms with E-state index in [1.165, 1.54) is 13.2 Å². The van der Waals surface area contributed by atoms with Gasteiger partial charge in [0.05, 0.1) is 19.3 Å². The zero-order chi connectivity index (χ0) is 15.6. The molecule has 2 rings (SSSR count). The summed E-state index contributed by atoms with van der Waals surface area (Å²) in [6, 6.07) is 4.55. The molecule has 0 aliphatic heterocycles. The lowest BCUT2D eigenvalue weighted by Gasteiger charge is -2.06. The van der Waals surface area contributed by atoms with E-state index in [0.717, 1.165) is 0 Å². The van der Waals surface area contributed by atoms with Crippen LogP contribution in [0, 0.1) is 0 Å². The van der Waals surface area contributed by atoms with Gasteiger partial charge in [-0.25, -0.2) is 9.59 Å². The maximum Gasteiger partial charge on any atom is 0.432 e. The number of ether oxygens (including phenoxy) is 2. The second kappa shape index (κ2) is 5.92. The lowest BCUT2D eigenvalue weighted by Crippen LogP contribution is -2.23. The Balaban J connectivity index is 2.62. The van der Waals surface area contributed by atoms with Gasteiger partial charge in [0.15, 0.2) is 0 Å². The van der Waals surface area contributed by atoms with E-state index in [0.29, 0.717) is 15.3 Å². The molecule has 1 aromatic carbocycles. The Morgan fingerprint density at radius 1 is 1.48 bits per heavy atom. The zero-order valence-corrected chi connectivity index (χ0v) is 12.0. The van der Waals surface area contributed by atoms with Gasteiger partial charge < -0.3 is 19.0 Å². The maximum absolute atomic E-state index is 11.7. The number of aromatic hydroxyl groups is 1. The highest BCUT2D eigenvalue weighted by Gasteiger charge is 2.25. The summed E-state index contributed by atoms with van der Waals surface area (Å²) in [4.78, 5) is 23.3. The van der Waals surface area contributed by atoms with Gasteiger partial charge in [0.1, 0.15) is 5.75 Å². The highest BCUT2D eigenvalue weighted by molar-refractivity contribution is 6.31. The van der Waals surface area contributed by atoms with Crippen LogP contribution >= 0.6 is 11.6 Å². The summed E-state index contributed by atoms with van der Waals surface area (Å²) in [7, 11) is 1.41. The number of carbonyl (C=O) groups excluding carboxylic acids is 1. The quantitative estimate of drug-likeness (QED) is 0.936. The third-order valence-electron chi connectivity index (χ3n) is 2.64. The molecule has 0 atom stereocenters. The Bertz CT molecular complexity index is 733. The molecular formula is C13H12ClNO6. The molecule has 0 unspecified atom stereocenters. The molecule has 1 N–H and O–H groups in total. The van der Waals surface area contributed by atoms with Crippen LogP contribution in [0.2, 0.25) is 5.02 Å². The molecule has 0 saturated heterocycles. The van der Waals surface area contributed by atoms with Crippen molar-refractivity contribution in [3.63, 3.8) is 0 Å². The largest absolute Gasteiger partial charge is 0.496 e. The highest BCUT2D eigenvalue weighted by atomic mass is 35.5. The van der Waals surface area contributed by atoms with E-state index >= 15 is 0 Å². The van der Waals surface area contributed by atoms with Gasteiger partial charge in [-0.1, -0.05) is 11.6 Å². The van der Waals surface area contributed by atoms with Crippen LogP contribution in [0.1, 0.15) is 6.92 Å². The summed E-state index contributed by atoms with van der Waals surface area (Å²) in [6.45, 7) is 1.62. The first-order valence-electron chi connectivity index (χ1n) is 5.95. The molecule has 0 bridgehead atoms. The van der Waals surface area contributed by atoms with Crippen molar-refractivity contribution >= 4 is 17.7 Å². The number of carbonyl (C=O) groups is 1. The van der Waals surface area contributed by atoms with Crippen molar-refractivity contribution in [1.82, 2.24) is 4.57 Å². The lowest BCUT2D eigenvalue weighted by atomic mass is 10.1. The molecule has 2 aromatic rings. The van der Waals surface area contributed by atoms with E-state index in [1.807, 2.05) is 0 Å². The summed E-state index contributed by atoms with van der Waals surface area (Å²) in [5.41, 5.74) is 0.239. The third-order valence-corrected chi connectivity index (χ3v) is 2.88. The van der Waals surface area contributed by atoms with Crippen molar-refractivity contribution < 1.29 is 23.8 Å². The van der Waals surface area contributed by atoms with E-state index in [2.05, 4.69) is 4.74 Å². The molecule has 1 heterocycles. The Labute approximate surface area is 124 Å². The topological polar surface area (TPSA) is 90.9 Å². The monoisotopic (exact) mass is 313 g/mol. The SMILES string of the molecule is CCOC(=O)n1c(O)c(-c2cc(Cl)ccc2OC)oc1=O. The summed E-state index contributed by atoms with van der Waals surface area (Å²) in [5, 5.41) is 10.4. The Kier molecular flexibility index (Phi) is 4.23. The van der Waals surface area contributed by atoms with Crippen molar-refractivity contribution in [2.45, 2.75) is 6.92 Å². The number of rotatable bonds is 3. The van der Waals surface area contributed by atoms with E-state index in [4.69, 9.17) is 20.8 Å². The van der Waals surface area contributed by atoms with Gasteiger partial charge in [0.2, 0.25) is 5.76 Å². The molecule has 0 radical (unpaired) electrons. The first kappa shape index (κ1) is 15.0. The minimum atomic E-state index is -1.07. The van der Waals surface area contributed by atoms with Crippen LogP contribution in [-0.2, 0) is 4.74 Å². The lowest BCUT2D eigenvalue weighted by molar-refractivity contribution is 0.149. The van der Waals surface area contributed by atoms with Crippen LogP contribution in [0.4, 0.5) is 4.79 Å². The molecule has 8 heteroatoms. The Hall–Kier alpha value is -2.41. The standard InChI is InChI=1S/C13H12ClNO6/c1-3-20-12(17)15-11(16)10(21-13(15)18)8-6-7(14)4-5-9(8)19-2/h4-6,16H,3H2,1-2H3. The summed E-state index contributed by atoms with van der Waals surface area (Å²) < 4.78 is 15.1. The summed E-state index contributed by atoms with van der Waals surface area (Å²) in [6.07, 6.45) is -1.03. The molecule has 0 aliphatic rings. The molecule has 0 spiro atoms. The smallest absolute Gasteiger partial charge is 0.432 e. The van der Waals surface area contributed by atoms with Crippen molar-refractivity contribution in [1.29, 1.82) is 0 Å². The fourth-order valence-corrected chi connectivity index (χ4v) is 1.92. The molecule has 0 saturated carbocycles. The fraction of sp³-hybridized carbons (Fsp3) is 0.231. The number of oxazole rings is 1. The highest BCUT2D eigenvalue weighted by Crippen LogP contribution is 2.37. The molecular weight excluding hydrogens is 302 g/mol. The van der Waals surface area contributed by atoms with Crippen LogP contribution in [0.15, 0.2) is 27.4 Å². The third kappa shape index (κ3) is 2.73. The molecule has 112 valence electrons. The fourth-order valence-electron chi connectivity index (χ4n) is 1.75. The Morgan fingerprint density at radius 2 is 2.19 bits per heavy atom. The molecule has 0 fully saturated rings. The first-order chi connectivity index (χ1) is 9.99. The number of nitrogens with zero attached hydrogens (tertiary/aromatic N) is 1. The number of hydrogen-bond donors (Lipinski definition) is 1. The van der Waals surface area contributed by atoms with Gasteiger partial charge in [-0.05, 0) is 25.1 Å². The number of halogens is 1. The Morgan fingerprint density at radius 3 is 2.81 bits per heavy atom. The normalized spacial score (nSPS) is 10.4. The van der Waals surface area contributed by atoms with Crippen molar-refractivity contribution in [2.75, 3.05) is 13.7 Å². The second-order valence-electron chi connectivity index (χ2n) is 3.90. The van der Waals surface area contributed by atoms with Crippen LogP contribution in [0.3, 0.4) is 0 Å². The molecule has 0 amide bonds. The number of hydrogen-bond acceptors (Lipinski definition) is 6. The van der Waals surface area contributed by atoms with E-state index in [-0.39, 0.29) is 17.9 Å². The van der Waals surface area contributed by atoms with Gasteiger partial charge >= 0.3 is 11.8 Å². The van der Waals surface area contributed by atoms with Crippen LogP contribution < -0.4 is 10.5 Å². The molecule has 0 aliphatic carbocycles. The van der Waals surface area contributed by atoms with E-state index in [1.54, 1.807) is 19.1 Å². The number of methoxy groups -OCH3 is 1. The maximum atomic E-state index is 11.7. The minimum Gasteiger partial charge on any atom is -0.496 e. The average molecular weight is 314 g/mol. The predicted molar refractivity (Wildman–Crippen MR) is 74.1 cm³/mol. The van der Waals surface area contributed by atoms with Gasteiger partial charge in [-0.15, -0.1) is 4.57 Å². The number of aromatic nitrogens is 1. The van der Waals surface area contributed by atoms with Gasteiger partial charge in [0.25, 0.3) is 5.88 Å². The van der Waals surface area contributed by atoms with Crippen LogP contribution in [0.5, 0.6) is 11.6 Å². The summed E-state index contributed by atoms with van der Waals surface area (Å²) in [5.74, 6) is -1.66. The predicted octanol–water partition coefficient (Wildman–Crippen LogP) is 2.48. The molecule has 1 aromatic heterocycles. The van der Waals surface area contributed by atoms with Crippen LogP contribution in [-0.4, -0.2) is 29.5 Å². The first-order valence-corrected chi connectivity index (χ1v) is 6.33. The van der Waals surface area contributed by atoms with Crippen molar-refractivity contribution in [2.24, 2.45) is 0 Å². The molecule has 21 heavy (non-hydrogen) atoms.